The second-order valence-corrected chi connectivity index (χ2v) is 5.78. The van der Waals surface area contributed by atoms with E-state index in [1.165, 1.54) is 6.07 Å². The summed E-state index contributed by atoms with van der Waals surface area (Å²) in [5.41, 5.74) is 2.36. The summed E-state index contributed by atoms with van der Waals surface area (Å²) < 4.78 is 19.7. The van der Waals surface area contributed by atoms with Crippen molar-refractivity contribution >= 4 is 5.97 Å². The highest BCUT2D eigenvalue weighted by Crippen LogP contribution is 2.28. The minimum atomic E-state index is -0.940. The van der Waals surface area contributed by atoms with Crippen LogP contribution in [0.25, 0.3) is 11.1 Å². The molecule has 0 saturated heterocycles. The summed E-state index contributed by atoms with van der Waals surface area (Å²) in [6, 6.07) is 12.3. The second-order valence-electron chi connectivity index (χ2n) is 5.78. The molecule has 0 atom stereocenters. The van der Waals surface area contributed by atoms with Crippen molar-refractivity contribution in [1.29, 1.82) is 0 Å². The second kappa shape index (κ2) is 8.29. The summed E-state index contributed by atoms with van der Waals surface area (Å²) in [7, 11) is 0. The van der Waals surface area contributed by atoms with Crippen molar-refractivity contribution in [2.24, 2.45) is 0 Å². The Bertz CT molecular complexity index is 718. The van der Waals surface area contributed by atoms with Gasteiger partial charge in [-0.2, -0.15) is 0 Å². The number of carbonyl (C=O) groups is 1. The van der Waals surface area contributed by atoms with Crippen LogP contribution in [0.3, 0.4) is 0 Å². The monoisotopic (exact) mass is 328 g/mol. The lowest BCUT2D eigenvalue weighted by atomic mass is 10.0. The van der Waals surface area contributed by atoms with E-state index in [1.807, 2.05) is 38.1 Å². The molecule has 0 aliphatic heterocycles. The van der Waals surface area contributed by atoms with Crippen molar-refractivity contribution in [3.8, 4) is 16.9 Å². The Hall–Kier alpha value is -2.62. The standard InChI is InChI=1S/C20H21FO3/c1-14(2)24-17-11-12-19(21)18(13-17)16-9-7-15(8-10-16)5-3-4-6-20(22)23/h4,6-14H,3,5H2,1-2H3,(H,22,23). The summed E-state index contributed by atoms with van der Waals surface area (Å²) in [6.45, 7) is 3.85. The zero-order valence-corrected chi connectivity index (χ0v) is 13.8. The van der Waals surface area contributed by atoms with E-state index in [2.05, 4.69) is 0 Å². The Balaban J connectivity index is 2.11. The van der Waals surface area contributed by atoms with Crippen molar-refractivity contribution in [2.45, 2.75) is 32.8 Å². The van der Waals surface area contributed by atoms with Gasteiger partial charge in [-0.1, -0.05) is 30.3 Å². The number of rotatable bonds is 7. The van der Waals surface area contributed by atoms with Crippen LogP contribution in [0, 0.1) is 5.82 Å². The van der Waals surface area contributed by atoms with Crippen LogP contribution in [-0.2, 0) is 11.2 Å². The number of aliphatic carboxylic acids is 1. The lowest BCUT2D eigenvalue weighted by Gasteiger charge is -2.12. The molecule has 2 aromatic carbocycles. The summed E-state index contributed by atoms with van der Waals surface area (Å²) in [4.78, 5) is 10.4. The normalized spacial score (nSPS) is 11.2. The first-order valence-electron chi connectivity index (χ1n) is 7.90. The molecule has 1 N–H and O–H groups in total. The van der Waals surface area contributed by atoms with Gasteiger partial charge in [-0.05, 0) is 56.0 Å². The fourth-order valence-electron chi connectivity index (χ4n) is 2.36. The number of benzene rings is 2. The summed E-state index contributed by atoms with van der Waals surface area (Å²) in [6.07, 6.45) is 4.19. The number of carboxylic acid groups (broad SMARTS) is 1. The Labute approximate surface area is 141 Å². The van der Waals surface area contributed by atoms with Gasteiger partial charge < -0.3 is 9.84 Å². The van der Waals surface area contributed by atoms with Gasteiger partial charge in [0.15, 0.2) is 0 Å². The highest BCUT2D eigenvalue weighted by Gasteiger charge is 2.08. The van der Waals surface area contributed by atoms with Gasteiger partial charge in [0.05, 0.1) is 6.10 Å². The summed E-state index contributed by atoms with van der Waals surface area (Å²) in [5.74, 6) is -0.586. The van der Waals surface area contributed by atoms with E-state index in [0.717, 1.165) is 23.6 Å². The molecule has 126 valence electrons. The molecule has 3 nitrogen and oxygen atoms in total. The zero-order valence-electron chi connectivity index (χ0n) is 13.8. The van der Waals surface area contributed by atoms with Crippen LogP contribution >= 0.6 is 0 Å². The largest absolute Gasteiger partial charge is 0.491 e. The zero-order chi connectivity index (χ0) is 17.5. The number of ether oxygens (including phenoxy) is 1. The molecular weight excluding hydrogens is 307 g/mol. The van der Waals surface area contributed by atoms with E-state index in [0.29, 0.717) is 17.7 Å². The predicted molar refractivity (Wildman–Crippen MR) is 92.7 cm³/mol. The van der Waals surface area contributed by atoms with Crippen molar-refractivity contribution < 1.29 is 19.0 Å². The molecule has 4 heteroatoms. The smallest absolute Gasteiger partial charge is 0.327 e. The maximum atomic E-state index is 14.1. The molecule has 0 amide bonds. The molecule has 24 heavy (non-hydrogen) atoms. The average Bonchev–Trinajstić information content (AvgIpc) is 2.53. The first-order valence-corrected chi connectivity index (χ1v) is 7.90. The summed E-state index contributed by atoms with van der Waals surface area (Å²) in [5, 5.41) is 8.54. The maximum absolute atomic E-state index is 14.1. The van der Waals surface area contributed by atoms with Gasteiger partial charge in [0.25, 0.3) is 0 Å². The maximum Gasteiger partial charge on any atom is 0.327 e. The van der Waals surface area contributed by atoms with Gasteiger partial charge in [0, 0.05) is 11.6 Å². The molecule has 0 bridgehead atoms. The average molecular weight is 328 g/mol. The molecular formula is C20H21FO3. The molecule has 0 unspecified atom stereocenters. The minimum Gasteiger partial charge on any atom is -0.491 e. The molecule has 0 aromatic heterocycles. The fourth-order valence-corrected chi connectivity index (χ4v) is 2.36. The van der Waals surface area contributed by atoms with Gasteiger partial charge in [-0.25, -0.2) is 9.18 Å². The molecule has 2 aromatic rings. The SMILES string of the molecule is CC(C)Oc1ccc(F)c(-c2ccc(CCC=CC(=O)O)cc2)c1. The predicted octanol–water partition coefficient (Wildman–Crippen LogP) is 4.85. The van der Waals surface area contributed by atoms with Crippen LogP contribution < -0.4 is 4.74 Å². The van der Waals surface area contributed by atoms with Crippen LogP contribution in [0.1, 0.15) is 25.8 Å². The topological polar surface area (TPSA) is 46.5 Å². The van der Waals surface area contributed by atoms with Crippen LogP contribution in [-0.4, -0.2) is 17.2 Å². The van der Waals surface area contributed by atoms with Gasteiger partial charge in [-0.3, -0.25) is 0 Å². The van der Waals surface area contributed by atoms with E-state index in [1.54, 1.807) is 18.2 Å². The Kier molecular flexibility index (Phi) is 6.13. The molecule has 0 spiro atoms. The number of hydrogen-bond acceptors (Lipinski definition) is 2. The fraction of sp³-hybridized carbons (Fsp3) is 0.250. The molecule has 0 heterocycles. The lowest BCUT2D eigenvalue weighted by molar-refractivity contribution is -0.131. The van der Waals surface area contributed by atoms with E-state index in [4.69, 9.17) is 9.84 Å². The van der Waals surface area contributed by atoms with Crippen molar-refractivity contribution in [3.05, 3.63) is 66.0 Å². The summed E-state index contributed by atoms with van der Waals surface area (Å²) >= 11 is 0. The number of allylic oxidation sites excluding steroid dienone is 1. The Morgan fingerprint density at radius 1 is 1.21 bits per heavy atom. The quantitative estimate of drug-likeness (QED) is 0.739. The van der Waals surface area contributed by atoms with Gasteiger partial charge in [-0.15, -0.1) is 0 Å². The van der Waals surface area contributed by atoms with Gasteiger partial charge in [0.2, 0.25) is 0 Å². The molecule has 2 rings (SSSR count). The van der Waals surface area contributed by atoms with Crippen molar-refractivity contribution in [3.63, 3.8) is 0 Å². The number of carboxylic acids is 1. The van der Waals surface area contributed by atoms with E-state index in [9.17, 15) is 9.18 Å². The van der Waals surface area contributed by atoms with E-state index < -0.39 is 5.97 Å². The molecule has 0 aliphatic carbocycles. The van der Waals surface area contributed by atoms with Crippen LogP contribution in [0.4, 0.5) is 4.39 Å². The minimum absolute atomic E-state index is 0.0320. The number of halogens is 1. The van der Waals surface area contributed by atoms with Crippen LogP contribution in [0.2, 0.25) is 0 Å². The highest BCUT2D eigenvalue weighted by molar-refractivity contribution is 5.79. The Morgan fingerprint density at radius 2 is 1.92 bits per heavy atom. The van der Waals surface area contributed by atoms with Crippen LogP contribution in [0.15, 0.2) is 54.6 Å². The van der Waals surface area contributed by atoms with E-state index in [-0.39, 0.29) is 11.9 Å². The van der Waals surface area contributed by atoms with Crippen LogP contribution in [0.5, 0.6) is 5.75 Å². The molecule has 0 radical (unpaired) electrons. The first kappa shape index (κ1) is 17.7. The molecule has 0 fully saturated rings. The van der Waals surface area contributed by atoms with Gasteiger partial charge >= 0.3 is 5.97 Å². The third-order valence-electron chi connectivity index (χ3n) is 3.43. The first-order chi connectivity index (χ1) is 11.5. The van der Waals surface area contributed by atoms with Crippen molar-refractivity contribution in [1.82, 2.24) is 0 Å². The number of hydrogen-bond donors (Lipinski definition) is 1. The highest BCUT2D eigenvalue weighted by atomic mass is 19.1. The van der Waals surface area contributed by atoms with E-state index >= 15 is 0 Å². The third kappa shape index (κ3) is 5.23. The van der Waals surface area contributed by atoms with Gasteiger partial charge in [0.1, 0.15) is 11.6 Å². The number of aryl methyl sites for hydroxylation is 1. The molecule has 0 saturated carbocycles. The molecule has 0 aliphatic rings. The third-order valence-corrected chi connectivity index (χ3v) is 3.43. The lowest BCUT2D eigenvalue weighted by Crippen LogP contribution is -2.05. The van der Waals surface area contributed by atoms with Crippen molar-refractivity contribution in [2.75, 3.05) is 0 Å². The Morgan fingerprint density at radius 3 is 2.54 bits per heavy atom.